The lowest BCUT2D eigenvalue weighted by Gasteiger charge is -2.18. The van der Waals surface area contributed by atoms with Gasteiger partial charge in [-0.15, -0.1) is 0 Å². The second-order valence-corrected chi connectivity index (χ2v) is 7.85. The molecule has 0 aromatic heterocycles. The molecule has 0 unspecified atom stereocenters. The number of amides is 2. The fourth-order valence-corrected chi connectivity index (χ4v) is 3.82. The molecule has 1 N–H and O–H groups in total. The van der Waals surface area contributed by atoms with Gasteiger partial charge in [0.2, 0.25) is 0 Å². The lowest BCUT2D eigenvalue weighted by molar-refractivity contribution is -0.120. The number of benzene rings is 3. The van der Waals surface area contributed by atoms with Gasteiger partial charge in [-0.25, -0.2) is 4.90 Å². The maximum absolute atomic E-state index is 13.6. The highest BCUT2D eigenvalue weighted by molar-refractivity contribution is 6.46. The first-order valence-electron chi connectivity index (χ1n) is 10.7. The van der Waals surface area contributed by atoms with Gasteiger partial charge in [0.15, 0.2) is 0 Å². The molecule has 3 aromatic carbocycles. The average molecular weight is 427 g/mol. The summed E-state index contributed by atoms with van der Waals surface area (Å²) in [6.07, 6.45) is 0.902. The lowest BCUT2D eigenvalue weighted by Crippen LogP contribution is -2.33. The van der Waals surface area contributed by atoms with E-state index in [-0.39, 0.29) is 17.5 Å². The summed E-state index contributed by atoms with van der Waals surface area (Å²) >= 11 is 0. The Morgan fingerprint density at radius 2 is 1.66 bits per heavy atom. The molecule has 1 heterocycles. The fourth-order valence-electron chi connectivity index (χ4n) is 3.82. The van der Waals surface area contributed by atoms with Gasteiger partial charge in [-0.1, -0.05) is 61.0 Å². The number of imide groups is 1. The first kappa shape index (κ1) is 21.4. The monoisotopic (exact) mass is 426 g/mol. The van der Waals surface area contributed by atoms with Crippen LogP contribution in [0.2, 0.25) is 0 Å². The predicted molar refractivity (Wildman–Crippen MR) is 128 cm³/mol. The van der Waals surface area contributed by atoms with Crippen LogP contribution < -0.4 is 15.0 Å². The summed E-state index contributed by atoms with van der Waals surface area (Å²) in [4.78, 5) is 28.4. The molecule has 0 saturated heterocycles. The van der Waals surface area contributed by atoms with Crippen molar-refractivity contribution in [3.63, 3.8) is 0 Å². The van der Waals surface area contributed by atoms with Gasteiger partial charge in [-0.05, 0) is 49.6 Å². The fraction of sp³-hybridized carbons (Fsp3) is 0.185. The van der Waals surface area contributed by atoms with Gasteiger partial charge in [0.25, 0.3) is 11.8 Å². The van der Waals surface area contributed by atoms with Crippen LogP contribution in [0.4, 0.5) is 11.4 Å². The first-order chi connectivity index (χ1) is 15.5. The summed E-state index contributed by atoms with van der Waals surface area (Å²) in [7, 11) is 0. The Morgan fingerprint density at radius 1 is 0.875 bits per heavy atom. The number of hydrogen-bond donors (Lipinski definition) is 1. The maximum atomic E-state index is 13.6. The van der Waals surface area contributed by atoms with E-state index in [0.717, 1.165) is 17.5 Å². The van der Waals surface area contributed by atoms with E-state index in [1.165, 1.54) is 4.90 Å². The molecule has 0 atom stereocenters. The first-order valence-corrected chi connectivity index (χ1v) is 10.7. The van der Waals surface area contributed by atoms with Gasteiger partial charge in [-0.3, -0.25) is 9.59 Å². The number of ether oxygens (including phenoxy) is 1. The zero-order valence-corrected chi connectivity index (χ0v) is 18.5. The Bertz CT molecular complexity index is 1200. The van der Waals surface area contributed by atoms with Crippen LogP contribution >= 0.6 is 0 Å². The van der Waals surface area contributed by atoms with Crippen LogP contribution in [0.25, 0.3) is 5.57 Å². The SMILES string of the molecule is CCCOc1cccc(NC2=C(c3ccccc3)C(=O)N(c3ccc(C)cc3C)C2=O)c1. The van der Waals surface area contributed by atoms with Crippen LogP contribution in [-0.4, -0.2) is 18.4 Å². The predicted octanol–water partition coefficient (Wildman–Crippen LogP) is 5.49. The molecule has 0 spiro atoms. The molecule has 3 aromatic rings. The van der Waals surface area contributed by atoms with Crippen molar-refractivity contribution in [1.82, 2.24) is 0 Å². The number of anilines is 2. The molecule has 1 aliphatic rings. The summed E-state index contributed by atoms with van der Waals surface area (Å²) in [6.45, 7) is 6.55. The van der Waals surface area contributed by atoms with E-state index in [1.807, 2.05) is 93.6 Å². The zero-order chi connectivity index (χ0) is 22.7. The molecule has 0 saturated carbocycles. The highest BCUT2D eigenvalue weighted by Crippen LogP contribution is 2.35. The van der Waals surface area contributed by atoms with Crippen molar-refractivity contribution in [2.45, 2.75) is 27.2 Å². The standard InChI is InChI=1S/C27H26N2O3/c1-4-15-32-22-12-8-11-21(17-22)28-25-24(20-9-6-5-7-10-20)26(30)29(27(25)31)23-14-13-18(2)16-19(23)3/h5-14,16-17,28H,4,15H2,1-3H3. The summed E-state index contributed by atoms with van der Waals surface area (Å²) in [6, 6.07) is 22.4. The zero-order valence-electron chi connectivity index (χ0n) is 18.5. The van der Waals surface area contributed by atoms with Crippen LogP contribution in [0.5, 0.6) is 5.75 Å². The molecular weight excluding hydrogens is 400 g/mol. The molecule has 0 bridgehead atoms. The minimum Gasteiger partial charge on any atom is -0.494 e. The largest absolute Gasteiger partial charge is 0.494 e. The van der Waals surface area contributed by atoms with E-state index >= 15 is 0 Å². The van der Waals surface area contributed by atoms with Crippen LogP contribution in [0, 0.1) is 13.8 Å². The van der Waals surface area contributed by atoms with E-state index in [9.17, 15) is 9.59 Å². The highest BCUT2D eigenvalue weighted by atomic mass is 16.5. The van der Waals surface area contributed by atoms with Crippen molar-refractivity contribution in [3.05, 3.63) is 95.2 Å². The topological polar surface area (TPSA) is 58.6 Å². The maximum Gasteiger partial charge on any atom is 0.282 e. The molecule has 5 nitrogen and oxygen atoms in total. The normalized spacial score (nSPS) is 13.7. The lowest BCUT2D eigenvalue weighted by atomic mass is 10.0. The van der Waals surface area contributed by atoms with Crippen molar-refractivity contribution in [3.8, 4) is 5.75 Å². The number of aryl methyl sites for hydroxylation is 2. The molecule has 162 valence electrons. The smallest absolute Gasteiger partial charge is 0.282 e. The van der Waals surface area contributed by atoms with Gasteiger partial charge in [0, 0.05) is 11.8 Å². The Labute approximate surface area is 188 Å². The second-order valence-electron chi connectivity index (χ2n) is 7.85. The number of carbonyl (C=O) groups is 2. The van der Waals surface area contributed by atoms with E-state index in [1.54, 1.807) is 0 Å². The van der Waals surface area contributed by atoms with Gasteiger partial charge in [-0.2, -0.15) is 0 Å². The van der Waals surface area contributed by atoms with Crippen molar-refractivity contribution < 1.29 is 14.3 Å². The molecule has 0 aliphatic carbocycles. The van der Waals surface area contributed by atoms with Crippen molar-refractivity contribution >= 4 is 28.8 Å². The third-order valence-corrected chi connectivity index (χ3v) is 5.32. The molecule has 0 fully saturated rings. The van der Waals surface area contributed by atoms with Crippen LogP contribution in [0.1, 0.15) is 30.0 Å². The van der Waals surface area contributed by atoms with Gasteiger partial charge >= 0.3 is 0 Å². The van der Waals surface area contributed by atoms with Crippen molar-refractivity contribution in [2.75, 3.05) is 16.8 Å². The number of hydrogen-bond acceptors (Lipinski definition) is 4. The Hall–Kier alpha value is -3.86. The molecule has 2 amide bonds. The van der Waals surface area contributed by atoms with E-state index in [4.69, 9.17) is 4.74 Å². The van der Waals surface area contributed by atoms with Crippen molar-refractivity contribution in [1.29, 1.82) is 0 Å². The van der Waals surface area contributed by atoms with E-state index in [2.05, 4.69) is 5.32 Å². The average Bonchev–Trinajstić information content (AvgIpc) is 3.03. The van der Waals surface area contributed by atoms with Crippen LogP contribution in [-0.2, 0) is 9.59 Å². The van der Waals surface area contributed by atoms with Gasteiger partial charge < -0.3 is 10.1 Å². The third kappa shape index (κ3) is 4.14. The summed E-state index contributed by atoms with van der Waals surface area (Å²) < 4.78 is 5.72. The van der Waals surface area contributed by atoms with E-state index < -0.39 is 0 Å². The second kappa shape index (κ2) is 9.10. The van der Waals surface area contributed by atoms with Gasteiger partial charge in [0.05, 0.1) is 17.9 Å². The van der Waals surface area contributed by atoms with Gasteiger partial charge in [0.1, 0.15) is 11.4 Å². The highest BCUT2D eigenvalue weighted by Gasteiger charge is 2.40. The molecule has 0 radical (unpaired) electrons. The molecular formula is C27H26N2O3. The minimum absolute atomic E-state index is 0.258. The minimum atomic E-state index is -0.374. The summed E-state index contributed by atoms with van der Waals surface area (Å²) in [5.74, 6) is -0.00329. The molecule has 32 heavy (non-hydrogen) atoms. The van der Waals surface area contributed by atoms with E-state index in [0.29, 0.717) is 34.9 Å². The number of carbonyl (C=O) groups excluding carboxylic acids is 2. The number of nitrogens with zero attached hydrogens (tertiary/aromatic N) is 1. The van der Waals surface area contributed by atoms with Crippen LogP contribution in [0.3, 0.4) is 0 Å². The number of rotatable bonds is 7. The molecule has 1 aliphatic heterocycles. The third-order valence-electron chi connectivity index (χ3n) is 5.32. The Kier molecular flexibility index (Phi) is 6.08. The number of nitrogens with one attached hydrogen (secondary N) is 1. The Morgan fingerprint density at radius 3 is 2.38 bits per heavy atom. The van der Waals surface area contributed by atoms with Crippen LogP contribution in [0.15, 0.2) is 78.5 Å². The summed E-state index contributed by atoms with van der Waals surface area (Å²) in [5, 5.41) is 3.20. The molecule has 4 rings (SSSR count). The summed E-state index contributed by atoms with van der Waals surface area (Å²) in [5.41, 5.74) is 4.53. The molecule has 5 heteroatoms. The van der Waals surface area contributed by atoms with Crippen molar-refractivity contribution in [2.24, 2.45) is 0 Å². The Balaban J connectivity index is 1.77. The quantitative estimate of drug-likeness (QED) is 0.508.